The summed E-state index contributed by atoms with van der Waals surface area (Å²) in [5.74, 6) is -0.196. The number of aliphatic hydroxyl groups excluding tert-OH is 2. The van der Waals surface area contributed by atoms with E-state index in [-0.39, 0.29) is 68.9 Å². The molecule has 2 fully saturated rings. The molecule has 1 aliphatic heterocycles. The highest BCUT2D eigenvalue weighted by Crippen LogP contribution is 2.62. The Bertz CT molecular complexity index is 2420. The van der Waals surface area contributed by atoms with E-state index < -0.39 is 17.7 Å². The molecular formula is C57H67FN2O9. The molecule has 4 aromatic rings. The molecule has 366 valence electrons. The molecule has 0 bridgehead atoms. The number of benzene rings is 4. The lowest BCUT2D eigenvalue weighted by Gasteiger charge is -2.60. The van der Waals surface area contributed by atoms with Crippen molar-refractivity contribution in [1.82, 2.24) is 4.90 Å². The fraction of sp³-hybridized carbons (Fsp3) is 0.456. The summed E-state index contributed by atoms with van der Waals surface area (Å²) in [6.45, 7) is 4.75. The summed E-state index contributed by atoms with van der Waals surface area (Å²) < 4.78 is 41.1. The van der Waals surface area contributed by atoms with E-state index in [0.717, 1.165) is 73.5 Å². The van der Waals surface area contributed by atoms with Gasteiger partial charge in [-0.1, -0.05) is 98.3 Å². The predicted molar refractivity (Wildman–Crippen MR) is 263 cm³/mol. The van der Waals surface area contributed by atoms with Crippen LogP contribution >= 0.6 is 0 Å². The number of carbonyl (C=O) groups is 2. The van der Waals surface area contributed by atoms with Gasteiger partial charge in [-0.25, -0.2) is 4.39 Å². The second-order valence-electron chi connectivity index (χ2n) is 19.0. The molecule has 0 unspecified atom stereocenters. The zero-order chi connectivity index (χ0) is 48.2. The molecule has 4 aliphatic rings. The number of hydrogen-bond acceptors (Lipinski definition) is 10. The van der Waals surface area contributed by atoms with E-state index in [9.17, 15) is 19.4 Å². The van der Waals surface area contributed by atoms with Gasteiger partial charge in [0.05, 0.1) is 30.9 Å². The van der Waals surface area contributed by atoms with Crippen LogP contribution in [0.25, 0.3) is 0 Å². The Kier molecular flexibility index (Phi) is 17.0. The van der Waals surface area contributed by atoms with Crippen LogP contribution in [-0.2, 0) is 27.5 Å². The van der Waals surface area contributed by atoms with Gasteiger partial charge in [-0.15, -0.1) is 6.58 Å². The highest BCUT2D eigenvalue weighted by Gasteiger charge is 2.65. The number of amides is 1. The number of halogens is 1. The van der Waals surface area contributed by atoms with Crippen molar-refractivity contribution in [1.29, 1.82) is 0 Å². The average Bonchev–Trinajstić information content (AvgIpc) is 3.90. The number of fused-ring (bicyclic) bond motifs is 2. The fourth-order valence-corrected chi connectivity index (χ4v) is 11.4. The Morgan fingerprint density at radius 3 is 2.38 bits per heavy atom. The molecule has 4 aromatic carbocycles. The molecule has 0 saturated heterocycles. The van der Waals surface area contributed by atoms with E-state index in [1.165, 1.54) is 32.1 Å². The fourth-order valence-electron chi connectivity index (χ4n) is 11.4. The molecule has 0 aromatic heterocycles. The van der Waals surface area contributed by atoms with E-state index in [2.05, 4.69) is 12.7 Å². The lowest BCUT2D eigenvalue weighted by atomic mass is 9.55. The maximum absolute atomic E-state index is 15.2. The number of ether oxygens (including phenoxy) is 4. The zero-order valence-electron chi connectivity index (χ0n) is 39.8. The molecule has 69 heavy (non-hydrogen) atoms. The first-order valence-corrected chi connectivity index (χ1v) is 24.9. The number of carbonyl (C=O) groups excluding carboxylic acids is 2. The summed E-state index contributed by atoms with van der Waals surface area (Å²) in [6, 6.07) is 26.3. The Hall–Kier alpha value is -5.82. The van der Waals surface area contributed by atoms with Gasteiger partial charge in [0.1, 0.15) is 41.5 Å². The van der Waals surface area contributed by atoms with Crippen LogP contribution in [0.2, 0.25) is 0 Å². The molecule has 0 spiro atoms. The molecule has 2 saturated carbocycles. The number of rotatable bonds is 24. The summed E-state index contributed by atoms with van der Waals surface area (Å²) in [7, 11) is 1.52. The van der Waals surface area contributed by atoms with Crippen LogP contribution in [-0.4, -0.2) is 71.8 Å². The maximum atomic E-state index is 15.2. The monoisotopic (exact) mass is 942 g/mol. The Labute approximate surface area is 405 Å². The summed E-state index contributed by atoms with van der Waals surface area (Å²) >= 11 is 0. The summed E-state index contributed by atoms with van der Waals surface area (Å²) in [5, 5.41) is 25.1. The van der Waals surface area contributed by atoms with Crippen LogP contribution in [0.3, 0.4) is 0 Å². The number of allylic oxidation sites excluding steroid dienone is 1. The van der Waals surface area contributed by atoms with Crippen LogP contribution in [0, 0.1) is 29.5 Å². The summed E-state index contributed by atoms with van der Waals surface area (Å²) in [4.78, 5) is 35.5. The molecule has 11 nitrogen and oxygen atoms in total. The second-order valence-corrected chi connectivity index (χ2v) is 19.0. The molecule has 3 aliphatic carbocycles. The van der Waals surface area contributed by atoms with Gasteiger partial charge < -0.3 is 38.9 Å². The topological polar surface area (TPSA) is 136 Å². The van der Waals surface area contributed by atoms with Gasteiger partial charge in [0, 0.05) is 44.1 Å². The van der Waals surface area contributed by atoms with Gasteiger partial charge in [-0.05, 0) is 115 Å². The summed E-state index contributed by atoms with van der Waals surface area (Å²) in [6.07, 6.45) is 15.0. The number of aldehydes is 1. The lowest BCUT2D eigenvalue weighted by Crippen LogP contribution is -2.70. The first-order chi connectivity index (χ1) is 33.8. The third-order valence-electron chi connectivity index (χ3n) is 14.7. The van der Waals surface area contributed by atoms with Gasteiger partial charge >= 0.3 is 0 Å². The third kappa shape index (κ3) is 11.5. The van der Waals surface area contributed by atoms with Gasteiger partial charge in [-0.3, -0.25) is 9.59 Å². The average molecular weight is 943 g/mol. The Morgan fingerprint density at radius 2 is 1.65 bits per heavy atom. The zero-order valence-corrected chi connectivity index (χ0v) is 39.8. The van der Waals surface area contributed by atoms with E-state index in [0.29, 0.717) is 59.5 Å². The van der Waals surface area contributed by atoms with Crippen LogP contribution < -0.4 is 14.2 Å². The van der Waals surface area contributed by atoms with Gasteiger partial charge in [0.25, 0.3) is 0 Å². The molecule has 6 atom stereocenters. The molecule has 1 heterocycles. The molecule has 2 N–H and O–H groups in total. The van der Waals surface area contributed by atoms with Crippen molar-refractivity contribution in [2.75, 3.05) is 26.9 Å². The van der Waals surface area contributed by atoms with Crippen molar-refractivity contribution in [2.45, 2.75) is 114 Å². The van der Waals surface area contributed by atoms with E-state index in [1.54, 1.807) is 36.4 Å². The first kappa shape index (κ1) is 49.6. The van der Waals surface area contributed by atoms with E-state index in [4.69, 9.17) is 28.9 Å². The van der Waals surface area contributed by atoms with Crippen molar-refractivity contribution in [3.63, 3.8) is 0 Å². The Morgan fingerprint density at radius 1 is 0.913 bits per heavy atom. The van der Waals surface area contributed by atoms with Crippen LogP contribution in [0.1, 0.15) is 116 Å². The number of nitrogens with zero attached hydrogens (tertiary/aromatic N) is 2. The largest absolute Gasteiger partial charge is 0.496 e. The van der Waals surface area contributed by atoms with E-state index >= 15 is 4.79 Å². The second kappa shape index (κ2) is 23.7. The highest BCUT2D eigenvalue weighted by molar-refractivity contribution is 6.03. The van der Waals surface area contributed by atoms with Gasteiger partial charge in [0.15, 0.2) is 6.29 Å². The normalized spacial score (nSPS) is 23.3. The van der Waals surface area contributed by atoms with Crippen LogP contribution in [0.15, 0.2) is 120 Å². The number of hydrogen-bond donors (Lipinski definition) is 2. The van der Waals surface area contributed by atoms with Crippen molar-refractivity contribution in [3.8, 4) is 23.0 Å². The highest BCUT2D eigenvalue weighted by atomic mass is 19.1. The SMILES string of the molecule is C=CCO[C@@]12Oc3ccc(Oc4ccc(OC)c(C=O)c4)cc3[C@H]3[C@H](CCCCO)[C@@H](CCCCO)C=C(C(=NOCc4ccccc4)C[C@@H]1N(Cc1ccc(F)cc1)C(=O)CCC1CCCC1)[C@H]32. The van der Waals surface area contributed by atoms with Crippen molar-refractivity contribution < 1.29 is 48.0 Å². The number of oxime groups is 1. The maximum Gasteiger partial charge on any atom is 0.239 e. The summed E-state index contributed by atoms with van der Waals surface area (Å²) in [5.41, 5.74) is 4.59. The number of methoxy groups -OCH3 is 1. The quantitative estimate of drug-likeness (QED) is 0.0304. The standard InChI is InChI=1S/C57H67FN2O9/c1-3-31-66-57-53(60(36-40-19-22-44(58)23-20-40)54(64)28-21-39-13-7-8-14-39)35-50(59-67-38-41-15-5-4-6-16-41)48-33-42(17-9-11-29-61)47(18-10-12-30-62)55(56(48)57)49-34-46(25-27-52(49)69-57)68-45-24-26-51(65-2)43(32-45)37-63/h3-6,15-16,19-20,22-27,32-34,37,39,42,47,53,55-56,61-62H,1,7-14,17-18,21,28-31,35-36,38H2,2H3/t42-,47+,53-,55+,56+,57+/m0/s1. The van der Waals surface area contributed by atoms with Gasteiger partial charge in [-0.2, -0.15) is 0 Å². The number of aliphatic hydroxyl groups is 2. The molecular weight excluding hydrogens is 876 g/mol. The smallest absolute Gasteiger partial charge is 0.239 e. The first-order valence-electron chi connectivity index (χ1n) is 24.9. The predicted octanol–water partition coefficient (Wildman–Crippen LogP) is 11.3. The van der Waals surface area contributed by atoms with E-state index in [1.807, 2.05) is 53.4 Å². The number of unbranched alkanes of at least 4 members (excludes halogenated alkanes) is 2. The van der Waals surface area contributed by atoms with Crippen LogP contribution in [0.5, 0.6) is 23.0 Å². The third-order valence-corrected chi connectivity index (χ3v) is 14.7. The van der Waals surface area contributed by atoms with Crippen LogP contribution in [0.4, 0.5) is 4.39 Å². The lowest BCUT2D eigenvalue weighted by molar-refractivity contribution is -0.258. The molecule has 12 heteroatoms. The Balaban J connectivity index is 1.32. The van der Waals surface area contributed by atoms with Crippen molar-refractivity contribution in [2.24, 2.45) is 28.8 Å². The minimum absolute atomic E-state index is 0.00916. The molecule has 8 rings (SSSR count). The van der Waals surface area contributed by atoms with Crippen molar-refractivity contribution in [3.05, 3.63) is 143 Å². The molecule has 0 radical (unpaired) electrons. The molecule has 1 amide bonds. The van der Waals surface area contributed by atoms with Gasteiger partial charge in [0.2, 0.25) is 11.7 Å². The minimum Gasteiger partial charge on any atom is -0.496 e. The minimum atomic E-state index is -1.47. The van der Waals surface area contributed by atoms with Crippen molar-refractivity contribution >= 4 is 17.9 Å².